The van der Waals surface area contributed by atoms with Gasteiger partial charge in [-0.1, -0.05) is 133 Å². The van der Waals surface area contributed by atoms with E-state index < -0.39 is 8.07 Å². The Hall–Kier alpha value is -1.34. The Bertz CT molecular complexity index is 952. The summed E-state index contributed by atoms with van der Waals surface area (Å²) < 4.78 is 0. The molecule has 4 aliphatic rings. The van der Waals surface area contributed by atoms with E-state index in [9.17, 15) is 0 Å². The molecule has 2 aromatic carbocycles. The molecule has 0 aromatic heterocycles. The van der Waals surface area contributed by atoms with Crippen molar-refractivity contribution in [2.75, 3.05) is 0 Å². The number of hydrogen-bond acceptors (Lipinski definition) is 0. The summed E-state index contributed by atoms with van der Waals surface area (Å²) in [4.78, 5) is 0. The van der Waals surface area contributed by atoms with E-state index in [4.69, 9.17) is 0 Å². The highest BCUT2D eigenvalue weighted by Crippen LogP contribution is 2.68. The average molecular weight is 527 g/mol. The van der Waals surface area contributed by atoms with Crippen molar-refractivity contribution in [3.8, 4) is 0 Å². The Balaban J connectivity index is 1.33. The van der Waals surface area contributed by atoms with E-state index in [0.717, 1.165) is 58.4 Å². The summed E-state index contributed by atoms with van der Waals surface area (Å²) in [5.74, 6) is 7.38. The smallest absolute Gasteiger partial charge is 0.0577 e. The van der Waals surface area contributed by atoms with Gasteiger partial charge in [0, 0.05) is 0 Å². The standard InChI is InChI=1S/C37H54Si/c1-5-6-23-38(4,36-26(2)24-34-30(19-13-21-32(34)36)28-15-9-7-10-16-28)37-27(3)25-35-31(20-14-22-33(35)37)29-17-11-8-12-18-29/h7-12,15-18,26-27,30-37H,5-6,13-14,19-25H2,1-4H3/t26-,27-,30?,31?,32?,33?,34?,35?,36?,37?,38?/m1/s1. The van der Waals surface area contributed by atoms with E-state index in [2.05, 4.69) is 88.0 Å². The van der Waals surface area contributed by atoms with Gasteiger partial charge in [0.1, 0.15) is 0 Å². The van der Waals surface area contributed by atoms with Crippen molar-refractivity contribution in [3.63, 3.8) is 0 Å². The van der Waals surface area contributed by atoms with E-state index in [1.54, 1.807) is 17.2 Å². The first-order valence-electron chi connectivity index (χ1n) is 16.6. The Kier molecular flexibility index (Phi) is 7.96. The van der Waals surface area contributed by atoms with Crippen molar-refractivity contribution in [2.45, 2.75) is 120 Å². The Morgan fingerprint density at radius 2 is 1.08 bits per heavy atom. The molecule has 0 bridgehead atoms. The summed E-state index contributed by atoms with van der Waals surface area (Å²) in [5.41, 5.74) is 5.40. The second-order valence-corrected chi connectivity index (χ2v) is 19.5. The molecule has 4 saturated carbocycles. The van der Waals surface area contributed by atoms with Gasteiger partial charge in [0.05, 0.1) is 8.07 Å². The maximum absolute atomic E-state index is 2.98. The van der Waals surface area contributed by atoms with Crippen LogP contribution in [0.3, 0.4) is 0 Å². The molecule has 0 saturated heterocycles. The fourth-order valence-electron chi connectivity index (χ4n) is 11.8. The largest absolute Gasteiger partial charge is 0.0687 e. The van der Waals surface area contributed by atoms with Crippen LogP contribution in [0.2, 0.25) is 23.7 Å². The van der Waals surface area contributed by atoms with Crippen molar-refractivity contribution in [2.24, 2.45) is 35.5 Å². The molecule has 0 radical (unpaired) electrons. The first-order valence-corrected chi connectivity index (χ1v) is 19.5. The van der Waals surface area contributed by atoms with E-state index >= 15 is 0 Å². The monoisotopic (exact) mass is 526 g/mol. The summed E-state index contributed by atoms with van der Waals surface area (Å²) in [6.45, 7) is 10.9. The van der Waals surface area contributed by atoms with Crippen molar-refractivity contribution in [1.29, 1.82) is 0 Å². The summed E-state index contributed by atoms with van der Waals surface area (Å²) in [6, 6.07) is 25.0. The van der Waals surface area contributed by atoms with Crippen LogP contribution < -0.4 is 0 Å². The van der Waals surface area contributed by atoms with Gasteiger partial charge < -0.3 is 0 Å². The Morgan fingerprint density at radius 3 is 1.50 bits per heavy atom. The highest BCUT2D eigenvalue weighted by molar-refractivity contribution is 6.81. The van der Waals surface area contributed by atoms with Gasteiger partial charge in [0.2, 0.25) is 0 Å². The average Bonchev–Trinajstić information content (AvgIpc) is 3.48. The van der Waals surface area contributed by atoms with Crippen molar-refractivity contribution >= 4 is 8.07 Å². The molecule has 0 aliphatic heterocycles. The number of hydrogen-bond donors (Lipinski definition) is 0. The minimum Gasteiger partial charge on any atom is -0.0687 e. The van der Waals surface area contributed by atoms with E-state index in [0.29, 0.717) is 0 Å². The number of benzene rings is 2. The Morgan fingerprint density at radius 1 is 0.632 bits per heavy atom. The van der Waals surface area contributed by atoms with Crippen LogP contribution in [0.4, 0.5) is 0 Å². The Labute approximate surface area is 235 Å². The lowest BCUT2D eigenvalue weighted by atomic mass is 9.71. The van der Waals surface area contributed by atoms with Crippen molar-refractivity contribution in [3.05, 3.63) is 71.8 Å². The second-order valence-electron chi connectivity index (χ2n) is 14.6. The molecule has 2 aromatic rings. The lowest BCUT2D eigenvalue weighted by Gasteiger charge is -2.51. The lowest BCUT2D eigenvalue weighted by Crippen LogP contribution is -2.49. The van der Waals surface area contributed by atoms with Crippen molar-refractivity contribution in [1.82, 2.24) is 0 Å². The highest BCUT2D eigenvalue weighted by Gasteiger charge is 2.60. The minimum absolute atomic E-state index is 0.817. The van der Waals surface area contributed by atoms with Gasteiger partial charge in [0.25, 0.3) is 0 Å². The van der Waals surface area contributed by atoms with Gasteiger partial charge >= 0.3 is 0 Å². The molecule has 8 unspecified atom stereocenters. The van der Waals surface area contributed by atoms with Gasteiger partial charge in [0.15, 0.2) is 0 Å². The fourth-order valence-corrected chi connectivity index (χ4v) is 19.7. The van der Waals surface area contributed by atoms with Gasteiger partial charge in [-0.05, 0) is 95.2 Å². The fraction of sp³-hybridized carbons (Fsp3) is 0.676. The maximum Gasteiger partial charge on any atom is 0.0577 e. The summed E-state index contributed by atoms with van der Waals surface area (Å²) in [7, 11) is -1.51. The van der Waals surface area contributed by atoms with Crippen LogP contribution in [0.15, 0.2) is 60.7 Å². The van der Waals surface area contributed by atoms with E-state index in [-0.39, 0.29) is 0 Å². The number of unbranched alkanes of at least 4 members (excludes halogenated alkanes) is 1. The van der Waals surface area contributed by atoms with E-state index in [1.165, 1.54) is 64.2 Å². The zero-order valence-corrected chi connectivity index (χ0v) is 25.8. The van der Waals surface area contributed by atoms with Gasteiger partial charge in [-0.2, -0.15) is 0 Å². The normalized spacial score (nSPS) is 40.3. The molecule has 1 heteroatoms. The van der Waals surface area contributed by atoms with Crippen LogP contribution in [-0.4, -0.2) is 8.07 Å². The predicted octanol–water partition coefficient (Wildman–Crippen LogP) is 11.1. The van der Waals surface area contributed by atoms with Gasteiger partial charge in [-0.15, -0.1) is 0 Å². The van der Waals surface area contributed by atoms with Gasteiger partial charge in [-0.25, -0.2) is 0 Å². The lowest BCUT2D eigenvalue weighted by molar-refractivity contribution is 0.226. The molecule has 6 rings (SSSR count). The van der Waals surface area contributed by atoms with Crippen molar-refractivity contribution < 1.29 is 0 Å². The highest BCUT2D eigenvalue weighted by atomic mass is 28.3. The van der Waals surface area contributed by atoms with Crippen LogP contribution in [0.1, 0.15) is 108 Å². The summed E-state index contributed by atoms with van der Waals surface area (Å²) in [5, 5.41) is 0. The predicted molar refractivity (Wildman–Crippen MR) is 166 cm³/mol. The molecule has 4 fully saturated rings. The van der Waals surface area contributed by atoms with Crippen LogP contribution >= 0.6 is 0 Å². The van der Waals surface area contributed by atoms with Crippen LogP contribution in [-0.2, 0) is 0 Å². The van der Waals surface area contributed by atoms with Crippen LogP contribution in [0, 0.1) is 35.5 Å². The minimum atomic E-state index is -1.51. The molecule has 0 nitrogen and oxygen atoms in total. The third kappa shape index (κ3) is 4.67. The maximum atomic E-state index is 2.98. The molecular weight excluding hydrogens is 472 g/mol. The van der Waals surface area contributed by atoms with Crippen LogP contribution in [0.25, 0.3) is 0 Å². The molecule has 0 N–H and O–H groups in total. The number of fused-ring (bicyclic) bond motifs is 2. The molecule has 0 spiro atoms. The quantitative estimate of drug-likeness (QED) is 0.315. The SMILES string of the molecule is CCCC[Si](C)(C1C2CCCC(c3ccccc3)C2C[C@H]1C)C1C2CCCC(c3ccccc3)C2C[C@H]1C. The first kappa shape index (κ1) is 26.9. The molecule has 4 aliphatic carbocycles. The van der Waals surface area contributed by atoms with Gasteiger partial charge in [-0.3, -0.25) is 0 Å². The first-order chi connectivity index (χ1) is 18.5. The summed E-state index contributed by atoms with van der Waals surface area (Å²) >= 11 is 0. The van der Waals surface area contributed by atoms with E-state index in [1.807, 2.05) is 0 Å². The molecule has 38 heavy (non-hydrogen) atoms. The molecule has 0 heterocycles. The molecule has 206 valence electrons. The molecule has 10 atom stereocenters. The zero-order chi connectivity index (χ0) is 26.3. The molecular formula is C37H54Si. The number of rotatable bonds is 7. The molecule has 0 amide bonds. The third-order valence-corrected chi connectivity index (χ3v) is 19.2. The second kappa shape index (κ2) is 11.3. The summed E-state index contributed by atoms with van der Waals surface area (Å²) in [6.07, 6.45) is 14.7. The zero-order valence-electron chi connectivity index (χ0n) is 24.8. The topological polar surface area (TPSA) is 0 Å². The third-order valence-electron chi connectivity index (χ3n) is 12.7. The van der Waals surface area contributed by atoms with Crippen LogP contribution in [0.5, 0.6) is 0 Å².